The van der Waals surface area contributed by atoms with Crippen LogP contribution in [0, 0.1) is 23.9 Å². The molecule has 3 aromatic heterocycles. The first kappa shape index (κ1) is 34.5. The maximum Gasteiger partial charge on any atom is 0.268 e. The number of ether oxygens (including phenoxy) is 1. The summed E-state index contributed by atoms with van der Waals surface area (Å²) >= 11 is 0. The minimum absolute atomic E-state index is 0. The second-order valence-electron chi connectivity index (χ2n) is 15.6. The Balaban J connectivity index is 0.00000490. The molecular weight excluding hydrogens is 904 g/mol. The smallest absolute Gasteiger partial charge is 0.268 e. The SMILES string of the molecule is [2H]c1nc(-n2c3[c-]c(Oc4[c-]c(-n5[c-][n+](-c6c(-c7ccccc7)cccc6-c6ccccc6)c6ccccc65)ccc4)ccc3c3ccccc32)c([2H])c(CC(C)(C)C)c1[2H].[Pt]. The third-order valence-electron chi connectivity index (χ3n) is 10.3. The predicted octanol–water partition coefficient (Wildman–Crippen LogP) is 12.5. The third kappa shape index (κ3) is 7.28. The van der Waals surface area contributed by atoms with E-state index in [4.69, 9.17) is 7.48 Å². The zero-order valence-corrected chi connectivity index (χ0v) is 35.0. The summed E-state index contributed by atoms with van der Waals surface area (Å²) in [5.74, 6) is 1.23. The summed E-state index contributed by atoms with van der Waals surface area (Å²) in [6.45, 7) is 6.21. The van der Waals surface area contributed by atoms with Crippen LogP contribution in [-0.4, -0.2) is 14.1 Å². The molecule has 0 amide bonds. The summed E-state index contributed by atoms with van der Waals surface area (Å²) in [6, 6.07) is 60.4. The Kier molecular flexibility index (Phi) is 9.15. The van der Waals surface area contributed by atoms with Gasteiger partial charge in [-0.2, -0.15) is 18.2 Å². The summed E-state index contributed by atoms with van der Waals surface area (Å²) in [4.78, 5) is 4.54. The molecule has 6 heteroatoms. The Morgan fingerprint density at radius 2 is 1.31 bits per heavy atom. The number of rotatable bonds is 8. The first-order chi connectivity index (χ1) is 29.6. The molecule has 0 aliphatic rings. The van der Waals surface area contributed by atoms with Crippen molar-refractivity contribution in [3.05, 3.63) is 200 Å². The molecule has 0 radical (unpaired) electrons. The molecule has 0 bridgehead atoms. The van der Waals surface area contributed by atoms with Crippen LogP contribution in [0.4, 0.5) is 0 Å². The Bertz CT molecular complexity index is 3230. The molecule has 0 aliphatic heterocycles. The van der Waals surface area contributed by atoms with Crippen molar-refractivity contribution in [1.82, 2.24) is 14.1 Å². The molecule has 0 saturated heterocycles. The molecule has 7 aromatic carbocycles. The van der Waals surface area contributed by atoms with Crippen molar-refractivity contribution in [2.75, 3.05) is 0 Å². The van der Waals surface area contributed by atoms with E-state index in [0.29, 0.717) is 34.8 Å². The first-order valence-electron chi connectivity index (χ1n) is 20.9. The van der Waals surface area contributed by atoms with Crippen molar-refractivity contribution in [2.24, 2.45) is 5.41 Å². The van der Waals surface area contributed by atoms with Crippen molar-refractivity contribution in [2.45, 2.75) is 27.2 Å². The molecule has 3 heterocycles. The fourth-order valence-electron chi connectivity index (χ4n) is 7.86. The van der Waals surface area contributed by atoms with Gasteiger partial charge in [0.2, 0.25) is 0 Å². The monoisotopic (exact) mass is 946 g/mol. The Hall–Kier alpha value is -6.55. The number of pyridine rings is 1. The van der Waals surface area contributed by atoms with E-state index in [9.17, 15) is 1.37 Å². The molecule has 10 rings (SSSR count). The van der Waals surface area contributed by atoms with E-state index in [1.165, 1.54) is 0 Å². The van der Waals surface area contributed by atoms with Gasteiger partial charge >= 0.3 is 0 Å². The van der Waals surface area contributed by atoms with Gasteiger partial charge in [0.25, 0.3) is 6.33 Å². The van der Waals surface area contributed by atoms with Gasteiger partial charge in [-0.3, -0.25) is 4.57 Å². The van der Waals surface area contributed by atoms with Gasteiger partial charge in [-0.25, -0.2) is 4.98 Å². The molecule has 5 nitrogen and oxygen atoms in total. The van der Waals surface area contributed by atoms with Crippen molar-refractivity contribution in [1.29, 1.82) is 0 Å². The van der Waals surface area contributed by atoms with Gasteiger partial charge in [0.15, 0.2) is 0 Å². The van der Waals surface area contributed by atoms with Crippen LogP contribution >= 0.6 is 0 Å². The molecule has 0 fully saturated rings. The number of aromatic nitrogens is 4. The van der Waals surface area contributed by atoms with Gasteiger partial charge < -0.3 is 13.9 Å². The van der Waals surface area contributed by atoms with Crippen molar-refractivity contribution >= 4 is 32.8 Å². The largest absolute Gasteiger partial charge is 0.510 e. The van der Waals surface area contributed by atoms with Crippen LogP contribution in [0.3, 0.4) is 0 Å². The van der Waals surface area contributed by atoms with Crippen molar-refractivity contribution in [3.8, 4) is 50.9 Å². The number of hydrogen-bond acceptors (Lipinski definition) is 2. The summed E-state index contributed by atoms with van der Waals surface area (Å²) in [6.07, 6.45) is 4.02. The Morgan fingerprint density at radius 3 is 2.03 bits per heavy atom. The standard InChI is InChI=1S/C53H40N4O.Pt/c1-53(2,3)35-37-30-31-54-51(32-37)57-47-25-11-10-22-45(47)46-29-28-42(34-50(46)57)58-41-21-14-20-40(33-41)55-36-56(49-27-13-12-26-48(49)55)52-43(38-16-6-4-7-17-38)23-15-24-44(52)39-18-8-5-9-19-39;/h4-32H,35H2,1-3H3;/q-2;/i30D,31D,32D;. The van der Waals surface area contributed by atoms with Crippen molar-refractivity contribution < 1.29 is 34.5 Å². The normalized spacial score (nSPS) is 12.3. The maximum absolute atomic E-state index is 9.31. The average molecular weight is 947 g/mol. The number of para-hydroxylation sites is 4. The van der Waals surface area contributed by atoms with Crippen LogP contribution in [0.2, 0.25) is 0 Å². The van der Waals surface area contributed by atoms with Crippen LogP contribution in [0.5, 0.6) is 11.5 Å². The van der Waals surface area contributed by atoms with E-state index in [1.54, 1.807) is 0 Å². The zero-order valence-electron chi connectivity index (χ0n) is 35.7. The molecule has 0 N–H and O–H groups in total. The minimum Gasteiger partial charge on any atom is -0.510 e. The van der Waals surface area contributed by atoms with Gasteiger partial charge in [-0.15, -0.1) is 29.7 Å². The van der Waals surface area contributed by atoms with E-state index in [-0.39, 0.29) is 44.7 Å². The van der Waals surface area contributed by atoms with Crippen LogP contribution in [-0.2, 0) is 27.5 Å². The molecule has 0 unspecified atom stereocenters. The van der Waals surface area contributed by atoms with Gasteiger partial charge in [-0.1, -0.05) is 148 Å². The van der Waals surface area contributed by atoms with Crippen LogP contribution in [0.1, 0.15) is 30.4 Å². The number of fused-ring (bicyclic) bond motifs is 4. The minimum atomic E-state index is -0.196. The topological polar surface area (TPSA) is 35.9 Å². The Morgan fingerprint density at radius 1 is 0.661 bits per heavy atom. The van der Waals surface area contributed by atoms with Gasteiger partial charge in [-0.05, 0) is 68.9 Å². The van der Waals surface area contributed by atoms with E-state index in [2.05, 4.69) is 134 Å². The number of nitrogens with zero attached hydrogens (tertiary/aromatic N) is 4. The molecule has 0 saturated carbocycles. The fraction of sp³-hybridized carbons (Fsp3) is 0.0943. The fourth-order valence-corrected chi connectivity index (χ4v) is 7.86. The Labute approximate surface area is 363 Å². The average Bonchev–Trinajstić information content (AvgIpc) is 3.82. The number of imidazole rings is 1. The first-order valence-corrected chi connectivity index (χ1v) is 19.4. The molecule has 10 aromatic rings. The second kappa shape index (κ2) is 15.7. The quantitative estimate of drug-likeness (QED) is 0.112. The predicted molar refractivity (Wildman–Crippen MR) is 234 cm³/mol. The summed E-state index contributed by atoms with van der Waals surface area (Å²) in [5, 5.41) is 1.87. The van der Waals surface area contributed by atoms with Gasteiger partial charge in [0.05, 0.1) is 20.8 Å². The zero-order chi connectivity index (χ0) is 41.8. The van der Waals surface area contributed by atoms with Crippen LogP contribution < -0.4 is 9.30 Å². The van der Waals surface area contributed by atoms with E-state index >= 15 is 0 Å². The summed E-state index contributed by atoms with van der Waals surface area (Å²) < 4.78 is 39.3. The van der Waals surface area contributed by atoms with E-state index in [1.807, 2.05) is 81.9 Å². The van der Waals surface area contributed by atoms with Crippen molar-refractivity contribution in [3.63, 3.8) is 0 Å². The van der Waals surface area contributed by atoms with Crippen LogP contribution in [0.15, 0.2) is 176 Å². The third-order valence-corrected chi connectivity index (χ3v) is 10.3. The number of hydrogen-bond donors (Lipinski definition) is 0. The molecule has 59 heavy (non-hydrogen) atoms. The molecular formula is C53H40N4OPt-2. The maximum atomic E-state index is 9.31. The second-order valence-corrected chi connectivity index (χ2v) is 15.6. The molecule has 0 aliphatic carbocycles. The van der Waals surface area contributed by atoms with E-state index < -0.39 is 0 Å². The molecule has 0 atom stereocenters. The molecule has 0 spiro atoms. The molecule has 290 valence electrons. The van der Waals surface area contributed by atoms with Crippen LogP contribution in [0.25, 0.3) is 72.3 Å². The van der Waals surface area contributed by atoms with Gasteiger partial charge in [0, 0.05) is 44.3 Å². The van der Waals surface area contributed by atoms with E-state index in [0.717, 1.165) is 61.0 Å². The summed E-state index contributed by atoms with van der Waals surface area (Å²) in [5.41, 5.74) is 9.88. The van der Waals surface area contributed by atoms with Gasteiger partial charge in [0.1, 0.15) is 5.82 Å². The summed E-state index contributed by atoms with van der Waals surface area (Å²) in [7, 11) is 0. The number of benzene rings is 7.